The second kappa shape index (κ2) is 10.5. The normalized spacial score (nSPS) is 12.6. The molecule has 0 aliphatic rings. The zero-order valence-electron chi connectivity index (χ0n) is 17.4. The summed E-state index contributed by atoms with van der Waals surface area (Å²) >= 11 is 0. The highest BCUT2D eigenvalue weighted by Crippen LogP contribution is 2.25. The van der Waals surface area contributed by atoms with E-state index in [-0.39, 0.29) is 18.0 Å². The summed E-state index contributed by atoms with van der Waals surface area (Å²) < 4.78 is 16.3. The Bertz CT molecular complexity index is 837. The third kappa shape index (κ3) is 6.79. The number of benzene rings is 2. The van der Waals surface area contributed by atoms with Crippen molar-refractivity contribution in [3.05, 3.63) is 60.7 Å². The highest BCUT2D eigenvalue weighted by molar-refractivity contribution is 5.88. The molecule has 5 heteroatoms. The molecule has 2 atom stereocenters. The maximum atomic E-state index is 11.8. The molecule has 0 saturated heterocycles. The van der Waals surface area contributed by atoms with E-state index in [9.17, 15) is 9.59 Å². The fourth-order valence-electron chi connectivity index (χ4n) is 2.38. The lowest BCUT2D eigenvalue weighted by atomic mass is 10.1. The Balaban J connectivity index is 1.90. The SMILES string of the molecule is C=C(C)C(=O)Oc1ccc(-c2ccc(OCC(C)OC(=O)C(C)CC)cc2)cc1. The summed E-state index contributed by atoms with van der Waals surface area (Å²) in [7, 11) is 0. The van der Waals surface area contributed by atoms with Crippen LogP contribution in [0.2, 0.25) is 0 Å². The van der Waals surface area contributed by atoms with Crippen LogP contribution in [-0.4, -0.2) is 24.6 Å². The molecule has 0 aliphatic carbocycles. The lowest BCUT2D eigenvalue weighted by Crippen LogP contribution is -2.25. The molecule has 0 aromatic heterocycles. The molecule has 2 aromatic rings. The summed E-state index contributed by atoms with van der Waals surface area (Å²) in [5.74, 6) is 0.432. The fraction of sp³-hybridized carbons (Fsp3) is 0.333. The monoisotopic (exact) mass is 396 g/mol. The number of ether oxygens (including phenoxy) is 3. The van der Waals surface area contributed by atoms with Gasteiger partial charge in [-0.2, -0.15) is 0 Å². The van der Waals surface area contributed by atoms with Gasteiger partial charge in [0.05, 0.1) is 5.92 Å². The first-order valence-electron chi connectivity index (χ1n) is 9.71. The van der Waals surface area contributed by atoms with E-state index in [1.807, 2.05) is 57.2 Å². The molecule has 2 unspecified atom stereocenters. The van der Waals surface area contributed by atoms with Gasteiger partial charge in [0.2, 0.25) is 0 Å². The summed E-state index contributed by atoms with van der Waals surface area (Å²) in [6, 6.07) is 14.9. The molecule has 29 heavy (non-hydrogen) atoms. The van der Waals surface area contributed by atoms with Gasteiger partial charge in [0.25, 0.3) is 0 Å². The summed E-state index contributed by atoms with van der Waals surface area (Å²) in [6.45, 7) is 11.1. The van der Waals surface area contributed by atoms with Crippen LogP contribution in [-0.2, 0) is 14.3 Å². The standard InChI is InChI=1S/C24H28O5/c1-6-17(4)24(26)28-18(5)15-27-21-11-7-19(8-12-21)20-9-13-22(14-10-20)29-23(25)16(2)3/h7-14,17-18H,2,6,15H2,1,3-5H3. The number of rotatable bonds is 9. The van der Waals surface area contributed by atoms with E-state index in [0.717, 1.165) is 17.5 Å². The number of esters is 2. The lowest BCUT2D eigenvalue weighted by Gasteiger charge is -2.16. The van der Waals surface area contributed by atoms with E-state index in [2.05, 4.69) is 6.58 Å². The maximum absolute atomic E-state index is 11.8. The predicted octanol–water partition coefficient (Wildman–Crippen LogP) is 5.19. The van der Waals surface area contributed by atoms with Crippen molar-refractivity contribution >= 4 is 11.9 Å². The van der Waals surface area contributed by atoms with Crippen molar-refractivity contribution in [2.45, 2.75) is 40.2 Å². The van der Waals surface area contributed by atoms with E-state index in [4.69, 9.17) is 14.2 Å². The van der Waals surface area contributed by atoms with Crippen molar-refractivity contribution in [3.8, 4) is 22.6 Å². The smallest absolute Gasteiger partial charge is 0.338 e. The van der Waals surface area contributed by atoms with E-state index in [1.54, 1.807) is 19.1 Å². The average Bonchev–Trinajstić information content (AvgIpc) is 2.72. The molecular weight excluding hydrogens is 368 g/mol. The van der Waals surface area contributed by atoms with Crippen LogP contribution in [0.5, 0.6) is 11.5 Å². The Labute approximate surface area is 172 Å². The van der Waals surface area contributed by atoms with Gasteiger partial charge < -0.3 is 14.2 Å². The molecule has 0 N–H and O–H groups in total. The van der Waals surface area contributed by atoms with E-state index >= 15 is 0 Å². The minimum Gasteiger partial charge on any atom is -0.490 e. The molecule has 0 bridgehead atoms. The summed E-state index contributed by atoms with van der Waals surface area (Å²) in [4.78, 5) is 23.4. The van der Waals surface area contributed by atoms with Crippen LogP contribution in [0.4, 0.5) is 0 Å². The van der Waals surface area contributed by atoms with Gasteiger partial charge in [-0.25, -0.2) is 4.79 Å². The Kier molecular flexibility index (Phi) is 8.01. The fourth-order valence-corrected chi connectivity index (χ4v) is 2.38. The third-order valence-corrected chi connectivity index (χ3v) is 4.42. The lowest BCUT2D eigenvalue weighted by molar-refractivity contribution is -0.154. The second-order valence-corrected chi connectivity index (χ2v) is 7.09. The summed E-state index contributed by atoms with van der Waals surface area (Å²) in [6.07, 6.45) is 0.441. The quantitative estimate of drug-likeness (QED) is 0.331. The first-order valence-corrected chi connectivity index (χ1v) is 9.71. The molecule has 2 aromatic carbocycles. The highest BCUT2D eigenvalue weighted by Gasteiger charge is 2.16. The molecule has 2 rings (SSSR count). The van der Waals surface area contributed by atoms with E-state index < -0.39 is 5.97 Å². The van der Waals surface area contributed by atoms with Crippen molar-refractivity contribution in [3.63, 3.8) is 0 Å². The molecule has 0 aliphatic heterocycles. The van der Waals surface area contributed by atoms with Gasteiger partial charge in [0.1, 0.15) is 24.2 Å². The number of hydrogen-bond donors (Lipinski definition) is 0. The first kappa shape index (κ1) is 22.2. The van der Waals surface area contributed by atoms with Gasteiger partial charge in [-0.3, -0.25) is 4.79 Å². The van der Waals surface area contributed by atoms with Crippen molar-refractivity contribution < 1.29 is 23.8 Å². The molecule has 0 radical (unpaired) electrons. The van der Waals surface area contributed by atoms with Crippen molar-refractivity contribution in [2.24, 2.45) is 5.92 Å². The van der Waals surface area contributed by atoms with Crippen LogP contribution in [0.15, 0.2) is 60.7 Å². The molecule has 0 spiro atoms. The number of carbonyl (C=O) groups is 2. The van der Waals surface area contributed by atoms with Crippen LogP contribution in [0.1, 0.15) is 34.1 Å². The topological polar surface area (TPSA) is 61.8 Å². The Morgan fingerprint density at radius 2 is 1.45 bits per heavy atom. The molecule has 154 valence electrons. The van der Waals surface area contributed by atoms with Gasteiger partial charge in [0, 0.05) is 5.57 Å². The Morgan fingerprint density at radius 1 is 0.931 bits per heavy atom. The van der Waals surface area contributed by atoms with Gasteiger partial charge >= 0.3 is 11.9 Å². The van der Waals surface area contributed by atoms with Gasteiger partial charge in [0.15, 0.2) is 0 Å². The molecule has 0 saturated carbocycles. The van der Waals surface area contributed by atoms with E-state index in [1.165, 1.54) is 0 Å². The van der Waals surface area contributed by atoms with Gasteiger partial charge in [-0.15, -0.1) is 0 Å². The summed E-state index contributed by atoms with van der Waals surface area (Å²) in [5.41, 5.74) is 2.35. The van der Waals surface area contributed by atoms with Crippen molar-refractivity contribution in [1.82, 2.24) is 0 Å². The second-order valence-electron chi connectivity index (χ2n) is 7.09. The van der Waals surface area contributed by atoms with Crippen LogP contribution in [0, 0.1) is 5.92 Å². The third-order valence-electron chi connectivity index (χ3n) is 4.42. The minimum atomic E-state index is -0.441. The molecule has 5 nitrogen and oxygen atoms in total. The first-order chi connectivity index (χ1) is 13.8. The van der Waals surface area contributed by atoms with Gasteiger partial charge in [-0.1, -0.05) is 44.7 Å². The maximum Gasteiger partial charge on any atom is 0.338 e. The van der Waals surface area contributed by atoms with Crippen LogP contribution in [0.25, 0.3) is 11.1 Å². The Morgan fingerprint density at radius 3 is 1.93 bits per heavy atom. The molecule has 0 heterocycles. The number of carbonyl (C=O) groups excluding carboxylic acids is 2. The summed E-state index contributed by atoms with van der Waals surface area (Å²) in [5, 5.41) is 0. The molecular formula is C24H28O5. The van der Waals surface area contributed by atoms with Crippen molar-refractivity contribution in [2.75, 3.05) is 6.61 Å². The number of hydrogen-bond acceptors (Lipinski definition) is 5. The van der Waals surface area contributed by atoms with E-state index in [0.29, 0.717) is 23.7 Å². The largest absolute Gasteiger partial charge is 0.490 e. The zero-order chi connectivity index (χ0) is 21.4. The molecule has 0 amide bonds. The predicted molar refractivity (Wildman–Crippen MR) is 113 cm³/mol. The minimum absolute atomic E-state index is 0.104. The zero-order valence-corrected chi connectivity index (χ0v) is 17.4. The highest BCUT2D eigenvalue weighted by atomic mass is 16.6. The Hall–Kier alpha value is -3.08. The molecule has 0 fully saturated rings. The average molecular weight is 396 g/mol. The van der Waals surface area contributed by atoms with Crippen LogP contribution in [0.3, 0.4) is 0 Å². The van der Waals surface area contributed by atoms with Crippen molar-refractivity contribution in [1.29, 1.82) is 0 Å². The van der Waals surface area contributed by atoms with Crippen LogP contribution < -0.4 is 9.47 Å². The van der Waals surface area contributed by atoms with Crippen LogP contribution >= 0.6 is 0 Å². The van der Waals surface area contributed by atoms with Gasteiger partial charge in [-0.05, 0) is 55.7 Å².